The average Bonchev–Trinajstić information content (AvgIpc) is 3.14. The Hall–Kier alpha value is -2.58. The molecule has 2 aromatic carbocycles. The minimum atomic E-state index is -0.357. The van der Waals surface area contributed by atoms with Crippen molar-refractivity contribution in [3.05, 3.63) is 82.0 Å². The van der Waals surface area contributed by atoms with Crippen molar-refractivity contribution in [2.45, 2.75) is 41.6 Å². The number of benzene rings is 2. The fourth-order valence-electron chi connectivity index (χ4n) is 3.38. The van der Waals surface area contributed by atoms with Crippen molar-refractivity contribution in [1.29, 1.82) is 0 Å². The van der Waals surface area contributed by atoms with Crippen LogP contribution in [0.2, 0.25) is 0 Å². The zero-order valence-electron chi connectivity index (χ0n) is 17.0. The lowest BCUT2D eigenvalue weighted by Crippen LogP contribution is -2.27. The Morgan fingerprint density at radius 1 is 1.23 bits per heavy atom. The van der Waals surface area contributed by atoms with Crippen LogP contribution in [0.15, 0.2) is 69.4 Å². The number of amides is 1. The largest absolute Gasteiger partial charge is 0.325 e. The molecule has 1 aromatic heterocycles. The summed E-state index contributed by atoms with van der Waals surface area (Å²) in [6, 6.07) is 15.6. The predicted octanol–water partition coefficient (Wildman–Crippen LogP) is 4.39. The molecule has 1 amide bonds. The summed E-state index contributed by atoms with van der Waals surface area (Å²) in [4.78, 5) is 31.0. The molecule has 0 unspecified atom stereocenters. The lowest BCUT2D eigenvalue weighted by Gasteiger charge is -2.14. The lowest BCUT2D eigenvalue weighted by atomic mass is 10.1. The molecule has 1 aliphatic heterocycles. The maximum atomic E-state index is 13.2. The molecule has 0 bridgehead atoms. The fourth-order valence-corrected chi connectivity index (χ4v) is 5.34. The van der Waals surface area contributed by atoms with E-state index in [9.17, 15) is 14.0 Å². The molecule has 31 heavy (non-hydrogen) atoms. The minimum absolute atomic E-state index is 0.0308. The summed E-state index contributed by atoms with van der Waals surface area (Å²) in [7, 11) is 0. The smallest absolute Gasteiger partial charge is 0.268 e. The van der Waals surface area contributed by atoms with Crippen LogP contribution >= 0.6 is 23.5 Å². The van der Waals surface area contributed by atoms with Crippen LogP contribution in [0.4, 0.5) is 10.1 Å². The Morgan fingerprint density at radius 3 is 2.71 bits per heavy atom. The molecule has 3 aromatic rings. The third-order valence-electron chi connectivity index (χ3n) is 4.89. The van der Waals surface area contributed by atoms with Crippen LogP contribution < -0.4 is 10.9 Å². The van der Waals surface area contributed by atoms with Crippen LogP contribution in [0.1, 0.15) is 18.2 Å². The maximum absolute atomic E-state index is 13.2. The molecule has 1 N–H and O–H groups in total. The number of hydrogen-bond acceptors (Lipinski definition) is 5. The van der Waals surface area contributed by atoms with Crippen LogP contribution in [-0.2, 0) is 24.2 Å². The Labute approximate surface area is 188 Å². The number of halogens is 1. The highest BCUT2D eigenvalue weighted by molar-refractivity contribution is 8.00. The maximum Gasteiger partial charge on any atom is 0.268 e. The van der Waals surface area contributed by atoms with Gasteiger partial charge in [0.1, 0.15) is 5.82 Å². The summed E-state index contributed by atoms with van der Waals surface area (Å²) in [6.07, 6.45) is 1.46. The number of aromatic nitrogens is 2. The van der Waals surface area contributed by atoms with Gasteiger partial charge in [-0.1, -0.05) is 49.0 Å². The van der Waals surface area contributed by atoms with Crippen LogP contribution in [0.25, 0.3) is 0 Å². The van der Waals surface area contributed by atoms with E-state index < -0.39 is 0 Å². The number of thioether (sulfide) groups is 2. The van der Waals surface area contributed by atoms with E-state index in [4.69, 9.17) is 4.98 Å². The third kappa shape index (κ3) is 5.37. The van der Waals surface area contributed by atoms with Crippen LogP contribution in [0, 0.1) is 5.82 Å². The van der Waals surface area contributed by atoms with E-state index >= 15 is 0 Å². The van der Waals surface area contributed by atoms with Crippen molar-refractivity contribution in [3.8, 4) is 0 Å². The van der Waals surface area contributed by atoms with Crippen molar-refractivity contribution in [2.24, 2.45) is 0 Å². The monoisotopic (exact) mass is 455 g/mol. The molecule has 160 valence electrons. The number of hydrogen-bond donors (Lipinski definition) is 1. The summed E-state index contributed by atoms with van der Waals surface area (Å²) in [6.45, 7) is 2.59. The van der Waals surface area contributed by atoms with Crippen LogP contribution in [-0.4, -0.2) is 26.5 Å². The summed E-state index contributed by atoms with van der Waals surface area (Å²) in [5.41, 5.74) is 2.46. The first-order valence-corrected chi connectivity index (χ1v) is 11.9. The van der Waals surface area contributed by atoms with E-state index in [0.717, 1.165) is 22.6 Å². The Morgan fingerprint density at radius 2 is 1.97 bits per heavy atom. The van der Waals surface area contributed by atoms with Gasteiger partial charge < -0.3 is 5.32 Å². The van der Waals surface area contributed by atoms with E-state index in [0.29, 0.717) is 29.1 Å². The number of aryl methyl sites for hydroxylation is 1. The molecule has 8 heteroatoms. The van der Waals surface area contributed by atoms with E-state index in [1.54, 1.807) is 16.3 Å². The number of nitrogens with zero attached hydrogens (tertiary/aromatic N) is 2. The fraction of sp³-hybridized carbons (Fsp3) is 0.261. The summed E-state index contributed by atoms with van der Waals surface area (Å²) >= 11 is 2.83. The first kappa shape index (κ1) is 21.6. The van der Waals surface area contributed by atoms with Gasteiger partial charge in [-0.05, 0) is 36.2 Å². The molecule has 0 saturated heterocycles. The highest BCUT2D eigenvalue weighted by Gasteiger charge is 2.26. The molecular weight excluding hydrogens is 433 g/mol. The highest BCUT2D eigenvalue weighted by Crippen LogP contribution is 2.34. The van der Waals surface area contributed by atoms with Gasteiger partial charge in [-0.25, -0.2) is 9.37 Å². The van der Waals surface area contributed by atoms with Crippen molar-refractivity contribution < 1.29 is 9.18 Å². The van der Waals surface area contributed by atoms with E-state index in [2.05, 4.69) is 12.2 Å². The van der Waals surface area contributed by atoms with E-state index in [1.807, 2.05) is 30.3 Å². The SMILES string of the molecule is C[C@H]1Cc2nc(SCC(=O)Nc3ccc(F)cc3)n(CCc3ccccc3)c(=O)c2S1. The number of rotatable bonds is 7. The van der Waals surface area contributed by atoms with Crippen LogP contribution in [0.3, 0.4) is 0 Å². The molecular formula is C23H22FN3O2S2. The van der Waals surface area contributed by atoms with Crippen molar-refractivity contribution >= 4 is 35.1 Å². The third-order valence-corrected chi connectivity index (χ3v) is 7.08. The van der Waals surface area contributed by atoms with Crippen LogP contribution in [0.5, 0.6) is 0 Å². The topological polar surface area (TPSA) is 64.0 Å². The second-order valence-electron chi connectivity index (χ2n) is 7.34. The van der Waals surface area contributed by atoms with Gasteiger partial charge in [-0.15, -0.1) is 11.8 Å². The van der Waals surface area contributed by atoms with Gasteiger partial charge in [0.05, 0.1) is 16.3 Å². The Bertz CT molecular complexity index is 1130. The Balaban J connectivity index is 1.51. The summed E-state index contributed by atoms with van der Waals surface area (Å²) in [5, 5.41) is 3.62. The second kappa shape index (κ2) is 9.70. The summed E-state index contributed by atoms with van der Waals surface area (Å²) in [5.74, 6) is -0.482. The standard InChI is InChI=1S/C23H22FN3O2S2/c1-15-13-19-21(31-15)22(29)27(12-11-16-5-3-2-4-6-16)23(26-19)30-14-20(28)25-18-9-7-17(24)8-10-18/h2-10,15H,11-14H2,1H3,(H,25,28)/t15-/m0/s1. The first-order valence-electron chi connectivity index (χ1n) is 10.0. The zero-order chi connectivity index (χ0) is 21.8. The minimum Gasteiger partial charge on any atom is -0.325 e. The quantitative estimate of drug-likeness (QED) is 0.423. The highest BCUT2D eigenvalue weighted by atomic mass is 32.2. The van der Waals surface area contributed by atoms with Gasteiger partial charge >= 0.3 is 0 Å². The number of carbonyl (C=O) groups excluding carboxylic acids is 1. The number of nitrogens with one attached hydrogen (secondary N) is 1. The van der Waals surface area contributed by atoms with Gasteiger partial charge in [0.25, 0.3) is 5.56 Å². The molecule has 0 aliphatic carbocycles. The number of carbonyl (C=O) groups is 1. The van der Waals surface area contributed by atoms with E-state index in [1.165, 1.54) is 36.0 Å². The van der Waals surface area contributed by atoms with Gasteiger partial charge in [0, 0.05) is 23.9 Å². The van der Waals surface area contributed by atoms with Gasteiger partial charge in [0.15, 0.2) is 5.16 Å². The van der Waals surface area contributed by atoms with Gasteiger partial charge in [-0.3, -0.25) is 14.2 Å². The lowest BCUT2D eigenvalue weighted by molar-refractivity contribution is -0.113. The molecule has 0 spiro atoms. The van der Waals surface area contributed by atoms with Gasteiger partial charge in [-0.2, -0.15) is 0 Å². The number of anilines is 1. The molecule has 1 atom stereocenters. The molecule has 1 aliphatic rings. The Kier molecular flexibility index (Phi) is 6.77. The molecule has 0 fully saturated rings. The van der Waals surface area contributed by atoms with Gasteiger partial charge in [0.2, 0.25) is 5.91 Å². The average molecular weight is 456 g/mol. The summed E-state index contributed by atoms with van der Waals surface area (Å²) < 4.78 is 14.7. The number of fused-ring (bicyclic) bond motifs is 1. The first-order chi connectivity index (χ1) is 15.0. The van der Waals surface area contributed by atoms with Crippen molar-refractivity contribution in [1.82, 2.24) is 9.55 Å². The molecule has 5 nitrogen and oxygen atoms in total. The second-order valence-corrected chi connectivity index (χ2v) is 9.73. The van der Waals surface area contributed by atoms with Crippen molar-refractivity contribution in [3.63, 3.8) is 0 Å². The molecule has 0 radical (unpaired) electrons. The molecule has 2 heterocycles. The van der Waals surface area contributed by atoms with E-state index in [-0.39, 0.29) is 23.0 Å². The normalized spacial score (nSPS) is 15.0. The zero-order valence-corrected chi connectivity index (χ0v) is 18.6. The molecule has 0 saturated carbocycles. The van der Waals surface area contributed by atoms with Crippen molar-refractivity contribution in [2.75, 3.05) is 11.1 Å². The predicted molar refractivity (Wildman–Crippen MR) is 123 cm³/mol. The molecule has 4 rings (SSSR count).